The summed E-state index contributed by atoms with van der Waals surface area (Å²) in [6.45, 7) is 4.45. The van der Waals surface area contributed by atoms with Crippen molar-refractivity contribution in [2.45, 2.75) is 44.9 Å². The first-order valence-corrected chi connectivity index (χ1v) is 10.9. The van der Waals surface area contributed by atoms with Crippen molar-refractivity contribution in [1.82, 2.24) is 10.3 Å². The number of hydrogen-bond donors (Lipinski definition) is 1. The molecule has 2 aliphatic rings. The molecular formula is C24H25F4N3O3. The molecule has 2 aromatic carbocycles. The van der Waals surface area contributed by atoms with Crippen molar-refractivity contribution in [1.29, 1.82) is 0 Å². The Hall–Kier alpha value is -2.82. The van der Waals surface area contributed by atoms with Crippen LogP contribution < -0.4 is 5.43 Å². The van der Waals surface area contributed by atoms with Crippen LogP contribution in [-0.2, 0) is 20.4 Å². The third-order valence-electron chi connectivity index (χ3n) is 5.85. The number of ether oxygens (including phenoxy) is 2. The van der Waals surface area contributed by atoms with Crippen LogP contribution in [0.25, 0.3) is 0 Å². The number of rotatable bonds is 6. The van der Waals surface area contributed by atoms with Crippen LogP contribution >= 0.6 is 0 Å². The van der Waals surface area contributed by atoms with Crippen molar-refractivity contribution in [3.63, 3.8) is 0 Å². The first-order chi connectivity index (χ1) is 16.1. The first kappa shape index (κ1) is 24.3. The van der Waals surface area contributed by atoms with Gasteiger partial charge in [-0.3, -0.25) is 9.69 Å². The molecule has 4 rings (SSSR count). The van der Waals surface area contributed by atoms with E-state index >= 15 is 0 Å². The Morgan fingerprint density at radius 3 is 2.62 bits per heavy atom. The Labute approximate surface area is 194 Å². The lowest BCUT2D eigenvalue weighted by Crippen LogP contribution is -2.48. The molecule has 0 aliphatic carbocycles. The number of nitrogens with zero attached hydrogens (tertiary/aromatic N) is 2. The van der Waals surface area contributed by atoms with E-state index in [1.165, 1.54) is 12.1 Å². The largest absolute Gasteiger partial charge is 0.416 e. The molecule has 34 heavy (non-hydrogen) atoms. The molecule has 2 aromatic rings. The van der Waals surface area contributed by atoms with Gasteiger partial charge in [0.1, 0.15) is 5.82 Å². The fourth-order valence-corrected chi connectivity index (χ4v) is 4.23. The number of aryl methyl sites for hydroxylation is 1. The summed E-state index contributed by atoms with van der Waals surface area (Å²) in [7, 11) is 0. The number of carbonyl (C=O) groups is 1. The van der Waals surface area contributed by atoms with E-state index in [0.29, 0.717) is 36.5 Å². The zero-order valence-corrected chi connectivity index (χ0v) is 18.7. The summed E-state index contributed by atoms with van der Waals surface area (Å²) in [5.74, 6) is -0.588. The first-order valence-electron chi connectivity index (χ1n) is 10.9. The average molecular weight is 479 g/mol. The van der Waals surface area contributed by atoms with Crippen LogP contribution in [0.15, 0.2) is 47.6 Å². The molecular weight excluding hydrogens is 454 g/mol. The topological polar surface area (TPSA) is 63.2 Å². The van der Waals surface area contributed by atoms with Crippen molar-refractivity contribution >= 4 is 11.6 Å². The minimum atomic E-state index is -4.47. The quantitative estimate of drug-likeness (QED) is 0.620. The molecule has 10 heteroatoms. The minimum Gasteiger partial charge on any atom is -0.349 e. The van der Waals surface area contributed by atoms with E-state index in [9.17, 15) is 22.4 Å². The van der Waals surface area contributed by atoms with Gasteiger partial charge in [-0.15, -0.1) is 0 Å². The monoisotopic (exact) mass is 479 g/mol. The second-order valence-corrected chi connectivity index (χ2v) is 8.50. The van der Waals surface area contributed by atoms with Crippen LogP contribution in [0.2, 0.25) is 0 Å². The molecule has 1 saturated heterocycles. The molecule has 0 bridgehead atoms. The molecule has 1 fully saturated rings. The van der Waals surface area contributed by atoms with Crippen LogP contribution in [0, 0.1) is 12.7 Å². The van der Waals surface area contributed by atoms with E-state index in [1.54, 1.807) is 32.0 Å². The molecule has 2 heterocycles. The van der Waals surface area contributed by atoms with Crippen LogP contribution in [0.3, 0.4) is 0 Å². The molecule has 1 N–H and O–H groups in total. The SMILES string of the molecule is Cc1cc([C@@H](C)O[C@H]2OCCN(CC3=NNC(=O)C3)C2c2ccc(F)cc2)cc(C(F)(F)F)c1. The number of hydrogen-bond acceptors (Lipinski definition) is 5. The van der Waals surface area contributed by atoms with Crippen LogP contribution in [0.4, 0.5) is 17.6 Å². The van der Waals surface area contributed by atoms with Gasteiger partial charge in [0.25, 0.3) is 0 Å². The number of amides is 1. The number of morpholine rings is 1. The molecule has 3 atom stereocenters. The lowest BCUT2D eigenvalue weighted by molar-refractivity contribution is -0.227. The van der Waals surface area contributed by atoms with Gasteiger partial charge < -0.3 is 9.47 Å². The van der Waals surface area contributed by atoms with Gasteiger partial charge in [0.2, 0.25) is 5.91 Å². The Kier molecular flexibility index (Phi) is 7.01. The Morgan fingerprint density at radius 1 is 1.24 bits per heavy atom. The zero-order valence-electron chi connectivity index (χ0n) is 18.7. The van der Waals surface area contributed by atoms with Crippen LogP contribution in [-0.4, -0.2) is 42.5 Å². The van der Waals surface area contributed by atoms with Crippen molar-refractivity contribution in [2.75, 3.05) is 19.7 Å². The maximum Gasteiger partial charge on any atom is 0.416 e. The van der Waals surface area contributed by atoms with Gasteiger partial charge in [-0.2, -0.15) is 18.3 Å². The fraction of sp³-hybridized carbons (Fsp3) is 0.417. The highest BCUT2D eigenvalue weighted by Gasteiger charge is 2.37. The summed E-state index contributed by atoms with van der Waals surface area (Å²) in [5, 5.41) is 4.06. The van der Waals surface area contributed by atoms with Gasteiger partial charge in [0.15, 0.2) is 6.29 Å². The highest BCUT2D eigenvalue weighted by Crippen LogP contribution is 2.36. The second-order valence-electron chi connectivity index (χ2n) is 8.50. The normalized spacial score (nSPS) is 22.4. The summed E-state index contributed by atoms with van der Waals surface area (Å²) in [5.41, 5.74) is 3.90. The van der Waals surface area contributed by atoms with Crippen molar-refractivity contribution in [3.8, 4) is 0 Å². The van der Waals surface area contributed by atoms with E-state index in [2.05, 4.69) is 10.5 Å². The second kappa shape index (κ2) is 9.81. The summed E-state index contributed by atoms with van der Waals surface area (Å²) in [6, 6.07) is 9.24. The Morgan fingerprint density at radius 2 is 1.97 bits per heavy atom. The molecule has 182 valence electrons. The number of nitrogens with one attached hydrogen (secondary N) is 1. The van der Waals surface area contributed by atoms with Gasteiger partial charge in [-0.25, -0.2) is 9.82 Å². The van der Waals surface area contributed by atoms with E-state index in [0.717, 1.165) is 17.7 Å². The van der Waals surface area contributed by atoms with Crippen LogP contribution in [0.1, 0.15) is 47.7 Å². The predicted octanol–water partition coefficient (Wildman–Crippen LogP) is 4.51. The summed E-state index contributed by atoms with van der Waals surface area (Å²) in [4.78, 5) is 13.6. The number of halogens is 4. The summed E-state index contributed by atoms with van der Waals surface area (Å²) in [6.07, 6.45) is -5.84. The molecule has 0 aromatic heterocycles. The highest BCUT2D eigenvalue weighted by molar-refractivity contribution is 6.05. The van der Waals surface area contributed by atoms with Gasteiger partial charge >= 0.3 is 6.18 Å². The van der Waals surface area contributed by atoms with Crippen molar-refractivity contribution in [2.24, 2.45) is 5.10 Å². The zero-order chi connectivity index (χ0) is 24.5. The third kappa shape index (κ3) is 5.63. The number of benzene rings is 2. The van der Waals surface area contributed by atoms with Crippen molar-refractivity contribution in [3.05, 3.63) is 70.5 Å². The molecule has 0 spiro atoms. The van der Waals surface area contributed by atoms with Gasteiger partial charge in [0, 0.05) is 13.1 Å². The van der Waals surface area contributed by atoms with E-state index in [-0.39, 0.29) is 12.3 Å². The summed E-state index contributed by atoms with van der Waals surface area (Å²) >= 11 is 0. The molecule has 6 nitrogen and oxygen atoms in total. The lowest BCUT2D eigenvalue weighted by atomic mass is 10.0. The number of hydrazone groups is 1. The average Bonchev–Trinajstić information content (AvgIpc) is 3.18. The smallest absolute Gasteiger partial charge is 0.349 e. The maximum absolute atomic E-state index is 13.6. The Balaban J connectivity index is 1.60. The van der Waals surface area contributed by atoms with E-state index in [4.69, 9.17) is 9.47 Å². The van der Waals surface area contributed by atoms with Gasteiger partial charge in [0.05, 0.1) is 36.4 Å². The number of carbonyl (C=O) groups excluding carboxylic acids is 1. The standard InChI is InChI=1S/C24H25F4N3O3/c1-14-9-17(11-18(10-14)24(26,27)28)15(2)34-23-22(16-3-5-19(25)6-4-16)31(7-8-33-23)13-20-12-21(32)30-29-20/h3-6,9-11,15,22-23H,7-8,12-13H2,1-2H3,(H,30,32)/t15-,22?,23-/m1/s1. The molecule has 0 radical (unpaired) electrons. The van der Waals surface area contributed by atoms with Gasteiger partial charge in [-0.1, -0.05) is 23.8 Å². The molecule has 0 saturated carbocycles. The lowest BCUT2D eigenvalue weighted by Gasteiger charge is -2.42. The molecule has 1 amide bonds. The fourth-order valence-electron chi connectivity index (χ4n) is 4.23. The maximum atomic E-state index is 13.6. The molecule has 2 aliphatic heterocycles. The van der Waals surface area contributed by atoms with Crippen LogP contribution in [0.5, 0.6) is 0 Å². The third-order valence-corrected chi connectivity index (χ3v) is 5.85. The minimum absolute atomic E-state index is 0.179. The van der Waals surface area contributed by atoms with Crippen molar-refractivity contribution < 1.29 is 31.8 Å². The number of alkyl halides is 3. The summed E-state index contributed by atoms with van der Waals surface area (Å²) < 4.78 is 65.6. The molecule has 1 unspecified atom stereocenters. The van der Waals surface area contributed by atoms with Gasteiger partial charge in [-0.05, 0) is 49.2 Å². The van der Waals surface area contributed by atoms with E-state index in [1.807, 2.05) is 4.90 Å². The highest BCUT2D eigenvalue weighted by atomic mass is 19.4. The Bertz CT molecular complexity index is 1070. The predicted molar refractivity (Wildman–Crippen MR) is 116 cm³/mol. The van der Waals surface area contributed by atoms with E-state index < -0.39 is 36.0 Å².